The molecule has 0 saturated heterocycles. The first kappa shape index (κ1) is 49.9. The number of allylic oxidation sites excluding steroid dienone is 8. The summed E-state index contributed by atoms with van der Waals surface area (Å²) in [4.78, 5) is 25.0. The van der Waals surface area contributed by atoms with E-state index in [0.29, 0.717) is 19.4 Å². The van der Waals surface area contributed by atoms with Gasteiger partial charge in [0.25, 0.3) is 0 Å². The van der Waals surface area contributed by atoms with Crippen molar-refractivity contribution >= 4 is 11.9 Å². The van der Waals surface area contributed by atoms with E-state index >= 15 is 0 Å². The molecule has 0 fully saturated rings. The predicted octanol–water partition coefficient (Wildman–Crippen LogP) is 14.4. The van der Waals surface area contributed by atoms with Crippen molar-refractivity contribution in [3.05, 3.63) is 48.6 Å². The molecular formula is C47H84O5. The highest BCUT2D eigenvalue weighted by molar-refractivity contribution is 5.70. The van der Waals surface area contributed by atoms with E-state index in [9.17, 15) is 9.59 Å². The Hall–Kier alpha value is -2.14. The molecule has 0 aromatic rings. The smallest absolute Gasteiger partial charge is 0.306 e. The first-order valence-corrected chi connectivity index (χ1v) is 22.2. The minimum Gasteiger partial charge on any atom is -0.462 e. The van der Waals surface area contributed by atoms with Gasteiger partial charge in [-0.05, 0) is 51.4 Å². The molecule has 0 saturated carbocycles. The topological polar surface area (TPSA) is 61.8 Å². The maximum atomic E-state index is 12.5. The zero-order valence-electron chi connectivity index (χ0n) is 34.6. The first-order chi connectivity index (χ1) is 25.6. The van der Waals surface area contributed by atoms with Gasteiger partial charge in [-0.3, -0.25) is 9.59 Å². The number of carbonyl (C=O) groups is 2. The minimum atomic E-state index is -0.556. The Labute approximate surface area is 322 Å². The number of rotatable bonds is 40. The summed E-state index contributed by atoms with van der Waals surface area (Å²) in [6, 6.07) is 0. The zero-order valence-corrected chi connectivity index (χ0v) is 34.6. The minimum absolute atomic E-state index is 0.0657. The van der Waals surface area contributed by atoms with E-state index in [0.717, 1.165) is 70.6 Å². The highest BCUT2D eigenvalue weighted by atomic mass is 16.6. The van der Waals surface area contributed by atoms with Crippen LogP contribution in [0.3, 0.4) is 0 Å². The summed E-state index contributed by atoms with van der Waals surface area (Å²) >= 11 is 0. The Balaban J connectivity index is 4.10. The fourth-order valence-electron chi connectivity index (χ4n) is 6.10. The van der Waals surface area contributed by atoms with Gasteiger partial charge in [-0.2, -0.15) is 0 Å². The number of carbonyl (C=O) groups excluding carboxylic acids is 2. The molecule has 0 aromatic carbocycles. The van der Waals surface area contributed by atoms with Crippen LogP contribution in [-0.2, 0) is 23.8 Å². The van der Waals surface area contributed by atoms with Crippen molar-refractivity contribution in [2.75, 3.05) is 19.8 Å². The molecule has 52 heavy (non-hydrogen) atoms. The lowest BCUT2D eigenvalue weighted by atomic mass is 10.0. The van der Waals surface area contributed by atoms with Crippen LogP contribution in [0, 0.1) is 0 Å². The lowest BCUT2D eigenvalue weighted by Gasteiger charge is -2.18. The van der Waals surface area contributed by atoms with E-state index in [2.05, 4.69) is 69.4 Å². The molecule has 0 heterocycles. The molecule has 0 radical (unpaired) electrons. The van der Waals surface area contributed by atoms with Crippen LogP contribution >= 0.6 is 0 Å². The highest BCUT2D eigenvalue weighted by Gasteiger charge is 2.17. The van der Waals surface area contributed by atoms with Gasteiger partial charge in [0, 0.05) is 19.4 Å². The van der Waals surface area contributed by atoms with Crippen LogP contribution in [-0.4, -0.2) is 37.9 Å². The summed E-state index contributed by atoms with van der Waals surface area (Å²) < 4.78 is 17.1. The van der Waals surface area contributed by atoms with Crippen molar-refractivity contribution < 1.29 is 23.8 Å². The quantitative estimate of drug-likeness (QED) is 0.0357. The van der Waals surface area contributed by atoms with Crippen LogP contribution in [0.1, 0.15) is 213 Å². The molecule has 0 aliphatic carbocycles. The van der Waals surface area contributed by atoms with Crippen molar-refractivity contribution in [1.82, 2.24) is 0 Å². The highest BCUT2D eigenvalue weighted by Crippen LogP contribution is 2.15. The van der Waals surface area contributed by atoms with Gasteiger partial charge in [0.15, 0.2) is 6.10 Å². The second kappa shape index (κ2) is 43.3. The summed E-state index contributed by atoms with van der Waals surface area (Å²) in [5.41, 5.74) is 0. The fourth-order valence-corrected chi connectivity index (χ4v) is 6.10. The lowest BCUT2D eigenvalue weighted by molar-refractivity contribution is -0.163. The molecule has 0 amide bonds. The normalized spacial score (nSPS) is 12.6. The zero-order chi connectivity index (χ0) is 37.8. The summed E-state index contributed by atoms with van der Waals surface area (Å²) in [5.74, 6) is -0.435. The maximum absolute atomic E-state index is 12.5. The summed E-state index contributed by atoms with van der Waals surface area (Å²) in [5, 5.41) is 0. The van der Waals surface area contributed by atoms with E-state index < -0.39 is 6.10 Å². The second-order valence-electron chi connectivity index (χ2n) is 14.6. The van der Waals surface area contributed by atoms with Crippen molar-refractivity contribution in [2.24, 2.45) is 0 Å². The van der Waals surface area contributed by atoms with Crippen LogP contribution in [0.5, 0.6) is 0 Å². The third-order valence-corrected chi connectivity index (χ3v) is 9.38. The van der Waals surface area contributed by atoms with Crippen LogP contribution in [0.15, 0.2) is 48.6 Å². The van der Waals surface area contributed by atoms with E-state index in [1.165, 1.54) is 109 Å². The van der Waals surface area contributed by atoms with E-state index in [1.54, 1.807) is 0 Å². The van der Waals surface area contributed by atoms with Crippen LogP contribution < -0.4 is 0 Å². The average molecular weight is 729 g/mol. The monoisotopic (exact) mass is 729 g/mol. The van der Waals surface area contributed by atoms with E-state index in [1.807, 2.05) is 0 Å². The Morgan fingerprint density at radius 3 is 1.31 bits per heavy atom. The molecule has 0 aromatic heterocycles. The number of hydrogen-bond donors (Lipinski definition) is 0. The molecule has 0 bridgehead atoms. The molecule has 1 atom stereocenters. The number of unbranched alkanes of at least 4 members (excludes halogenated alkanes) is 21. The van der Waals surface area contributed by atoms with Gasteiger partial charge in [0.2, 0.25) is 0 Å². The van der Waals surface area contributed by atoms with E-state index in [-0.39, 0.29) is 25.2 Å². The van der Waals surface area contributed by atoms with Crippen LogP contribution in [0.4, 0.5) is 0 Å². The van der Waals surface area contributed by atoms with Gasteiger partial charge >= 0.3 is 11.9 Å². The Morgan fingerprint density at radius 1 is 0.442 bits per heavy atom. The van der Waals surface area contributed by atoms with Crippen molar-refractivity contribution in [1.29, 1.82) is 0 Å². The van der Waals surface area contributed by atoms with Gasteiger partial charge in [-0.1, -0.05) is 198 Å². The Bertz CT molecular complexity index is 873. The summed E-state index contributed by atoms with van der Waals surface area (Å²) in [6.45, 7) is 7.52. The first-order valence-electron chi connectivity index (χ1n) is 22.2. The van der Waals surface area contributed by atoms with Crippen molar-refractivity contribution in [2.45, 2.75) is 219 Å². The van der Waals surface area contributed by atoms with Gasteiger partial charge in [-0.25, -0.2) is 0 Å². The lowest BCUT2D eigenvalue weighted by Crippen LogP contribution is -2.30. The molecule has 0 aliphatic rings. The molecule has 5 heteroatoms. The third kappa shape index (κ3) is 40.6. The number of ether oxygens (including phenoxy) is 3. The average Bonchev–Trinajstić information content (AvgIpc) is 3.14. The van der Waals surface area contributed by atoms with Gasteiger partial charge in [-0.15, -0.1) is 0 Å². The van der Waals surface area contributed by atoms with Crippen molar-refractivity contribution in [3.63, 3.8) is 0 Å². The summed E-state index contributed by atoms with van der Waals surface area (Å²) in [7, 11) is 0. The molecule has 0 spiro atoms. The molecule has 1 unspecified atom stereocenters. The molecule has 0 rings (SSSR count). The largest absolute Gasteiger partial charge is 0.462 e. The third-order valence-electron chi connectivity index (χ3n) is 9.38. The molecular weight excluding hydrogens is 645 g/mol. The maximum Gasteiger partial charge on any atom is 0.306 e. The fraction of sp³-hybridized carbons (Fsp3) is 0.787. The predicted molar refractivity (Wildman–Crippen MR) is 224 cm³/mol. The standard InChI is InChI=1S/C47H84O5/c1-4-7-10-13-15-17-19-21-23-24-25-26-28-30-32-35-37-40-46(48)51-44-45(52-47(49)41-38-34-12-9-6-3)43-50-42-39-36-33-31-29-27-22-20-18-16-14-11-8-5-2/h8,11,16,18,22,27,31,33,45H,4-7,9-10,12-15,17,19-21,23-26,28-30,32,34-44H2,1-3H3/b11-8-,18-16-,27-22-,33-31-. The van der Waals surface area contributed by atoms with Crippen LogP contribution in [0.25, 0.3) is 0 Å². The number of esters is 2. The SMILES string of the molecule is CC/C=C\C/C=C\C/C=C\C/C=C\CCCOCC(COC(=O)CCCCCCCCCCCCCCCCCCC)OC(=O)CCCCCCC. The molecule has 302 valence electrons. The van der Waals surface area contributed by atoms with Crippen LogP contribution in [0.2, 0.25) is 0 Å². The molecule has 0 aliphatic heterocycles. The van der Waals surface area contributed by atoms with Gasteiger partial charge < -0.3 is 14.2 Å². The number of hydrogen-bond acceptors (Lipinski definition) is 5. The van der Waals surface area contributed by atoms with Gasteiger partial charge in [0.05, 0.1) is 6.61 Å². The Morgan fingerprint density at radius 2 is 0.846 bits per heavy atom. The van der Waals surface area contributed by atoms with Gasteiger partial charge in [0.1, 0.15) is 6.61 Å². The van der Waals surface area contributed by atoms with Crippen molar-refractivity contribution in [3.8, 4) is 0 Å². The van der Waals surface area contributed by atoms with E-state index in [4.69, 9.17) is 14.2 Å². The molecule has 0 N–H and O–H groups in total. The molecule has 5 nitrogen and oxygen atoms in total. The second-order valence-corrected chi connectivity index (χ2v) is 14.6. The summed E-state index contributed by atoms with van der Waals surface area (Å²) in [6.07, 6.45) is 51.5. The Kier molecular flexibility index (Phi) is 41.5.